The second-order valence-electron chi connectivity index (χ2n) is 11.2. The molecule has 0 aliphatic heterocycles. The topological polar surface area (TPSA) is 93.5 Å². The molecule has 4 aromatic carbocycles. The molecule has 2 heterocycles. The minimum absolute atomic E-state index is 0.0674. The maximum Gasteiger partial charge on any atom is 0.573 e. The molecule has 0 bridgehead atoms. The lowest BCUT2D eigenvalue weighted by atomic mass is 9.85. The van der Waals surface area contributed by atoms with Crippen LogP contribution in [0, 0.1) is 0 Å². The van der Waals surface area contributed by atoms with Crippen LogP contribution in [0.3, 0.4) is 0 Å². The predicted molar refractivity (Wildman–Crippen MR) is 173 cm³/mol. The van der Waals surface area contributed by atoms with E-state index in [9.17, 15) is 27.9 Å². The van der Waals surface area contributed by atoms with Crippen LogP contribution in [-0.2, 0) is 29.4 Å². The minimum Gasteiger partial charge on any atom is -0.507 e. The number of hydrogen-bond donors (Lipinski definition) is 2. The summed E-state index contributed by atoms with van der Waals surface area (Å²) in [4.78, 5) is 29.9. The summed E-state index contributed by atoms with van der Waals surface area (Å²) >= 11 is 0. The third-order valence-corrected chi connectivity index (χ3v) is 8.21. The van der Waals surface area contributed by atoms with Gasteiger partial charge in [-0.05, 0) is 59.9 Å². The van der Waals surface area contributed by atoms with Crippen molar-refractivity contribution in [3.05, 3.63) is 141 Å². The van der Waals surface area contributed by atoms with Crippen LogP contribution in [0.25, 0.3) is 21.8 Å². The number of aromatic nitrogens is 2. The highest BCUT2D eigenvalue weighted by Gasteiger charge is 2.33. The monoisotopic (exact) mass is 640 g/mol. The molecule has 0 spiro atoms. The predicted octanol–water partition coefficient (Wildman–Crippen LogP) is 7.52. The Kier molecular flexibility index (Phi) is 8.76. The number of nitrogens with zero attached hydrogens (tertiary/aromatic N) is 1. The number of aryl methyl sites for hydroxylation is 2. The molecule has 0 saturated carbocycles. The third kappa shape index (κ3) is 6.72. The zero-order chi connectivity index (χ0) is 33.1. The van der Waals surface area contributed by atoms with Crippen LogP contribution in [0.1, 0.15) is 40.3 Å². The van der Waals surface area contributed by atoms with Crippen LogP contribution in [0.15, 0.2) is 108 Å². The number of nitrogens with one attached hydrogen (secondary N) is 1. The Balaban J connectivity index is 1.42. The lowest BCUT2D eigenvalue weighted by molar-refractivity contribution is -0.274. The van der Waals surface area contributed by atoms with E-state index in [2.05, 4.69) is 9.72 Å². The smallest absolute Gasteiger partial charge is 0.507 e. The number of fused-ring (bicyclic) bond motifs is 2. The van der Waals surface area contributed by atoms with Crippen molar-refractivity contribution in [3.8, 4) is 11.5 Å². The van der Waals surface area contributed by atoms with Gasteiger partial charge >= 0.3 is 12.3 Å². The summed E-state index contributed by atoms with van der Waals surface area (Å²) in [5.41, 5.74) is 3.65. The van der Waals surface area contributed by atoms with Gasteiger partial charge in [-0.3, -0.25) is 9.59 Å². The summed E-state index contributed by atoms with van der Waals surface area (Å²) in [6.07, 6.45) is -3.82. The SMILES string of the molecule is Cn1c(=O)c(C(c2ccc(OC(F)(F)F)cc2)c2[nH]c3ccccc3c2CCCOC(=O)Cc2ccccc2)c(O)c2ccccc21. The van der Waals surface area contributed by atoms with E-state index in [1.54, 1.807) is 31.3 Å². The molecular formula is C37H31F3N2O5. The number of aromatic hydroxyl groups is 1. The average Bonchev–Trinajstić information content (AvgIpc) is 3.42. The number of esters is 1. The molecule has 7 nitrogen and oxygen atoms in total. The first kappa shape index (κ1) is 31.5. The number of carbonyl (C=O) groups excluding carboxylic acids is 1. The number of pyridine rings is 1. The molecule has 0 amide bonds. The molecule has 10 heteroatoms. The highest BCUT2D eigenvalue weighted by molar-refractivity contribution is 5.88. The molecule has 2 N–H and O–H groups in total. The lowest BCUT2D eigenvalue weighted by Crippen LogP contribution is -2.25. The number of hydrogen-bond acceptors (Lipinski definition) is 5. The molecular weight excluding hydrogens is 609 g/mol. The molecule has 2 aromatic heterocycles. The molecule has 1 atom stereocenters. The lowest BCUT2D eigenvalue weighted by Gasteiger charge is -2.22. The summed E-state index contributed by atoms with van der Waals surface area (Å²) in [6, 6.07) is 29.1. The highest BCUT2D eigenvalue weighted by Crippen LogP contribution is 2.41. The van der Waals surface area contributed by atoms with Crippen LogP contribution in [0.2, 0.25) is 0 Å². The van der Waals surface area contributed by atoms with E-state index in [1.807, 2.05) is 54.6 Å². The summed E-state index contributed by atoms with van der Waals surface area (Å²) in [7, 11) is 1.61. The summed E-state index contributed by atoms with van der Waals surface area (Å²) in [5.74, 6) is -1.88. The summed E-state index contributed by atoms with van der Waals surface area (Å²) in [5, 5.41) is 13.0. The van der Waals surface area contributed by atoms with E-state index < -0.39 is 23.6 Å². The molecule has 0 radical (unpaired) electrons. The van der Waals surface area contributed by atoms with Crippen molar-refractivity contribution in [3.63, 3.8) is 0 Å². The number of benzene rings is 4. The quantitative estimate of drug-likeness (QED) is 0.119. The Labute approximate surface area is 267 Å². The van der Waals surface area contributed by atoms with Crippen LogP contribution in [0.4, 0.5) is 13.2 Å². The molecule has 240 valence electrons. The standard InChI is InChI=1S/C37H31F3N2O5/c1-42-30-16-8-6-13-28(30)35(44)33(36(42)45)32(24-17-19-25(20-18-24)47-37(38,39)40)34-27(26-12-5-7-15-29(26)41-34)14-9-21-46-31(43)22-23-10-3-2-4-11-23/h2-8,10-13,15-20,32,41,44H,9,14,21-22H2,1H3. The Hall–Kier alpha value is -5.51. The van der Waals surface area contributed by atoms with E-state index in [0.717, 1.165) is 22.0 Å². The van der Waals surface area contributed by atoms with Gasteiger partial charge in [0.1, 0.15) is 11.5 Å². The first-order valence-electron chi connectivity index (χ1n) is 15.1. The van der Waals surface area contributed by atoms with Gasteiger partial charge in [0.2, 0.25) is 0 Å². The van der Waals surface area contributed by atoms with Crippen molar-refractivity contribution in [2.75, 3.05) is 6.61 Å². The fourth-order valence-corrected chi connectivity index (χ4v) is 6.09. The maximum absolute atomic E-state index is 14.0. The molecule has 0 aliphatic carbocycles. The molecule has 0 aliphatic rings. The van der Waals surface area contributed by atoms with E-state index >= 15 is 0 Å². The van der Waals surface area contributed by atoms with Crippen molar-refractivity contribution in [2.24, 2.45) is 7.05 Å². The number of halogens is 3. The van der Waals surface area contributed by atoms with Gasteiger partial charge in [0.25, 0.3) is 5.56 Å². The average molecular weight is 641 g/mol. The van der Waals surface area contributed by atoms with Crippen LogP contribution in [-0.4, -0.2) is 33.6 Å². The van der Waals surface area contributed by atoms with Crippen molar-refractivity contribution in [2.45, 2.75) is 31.5 Å². The molecule has 0 saturated heterocycles. The summed E-state index contributed by atoms with van der Waals surface area (Å²) in [6.45, 7) is 0.155. The first-order chi connectivity index (χ1) is 22.6. The minimum atomic E-state index is -4.87. The van der Waals surface area contributed by atoms with Gasteiger partial charge in [-0.2, -0.15) is 0 Å². The molecule has 47 heavy (non-hydrogen) atoms. The number of carbonyl (C=O) groups is 1. The first-order valence-corrected chi connectivity index (χ1v) is 15.1. The molecule has 6 aromatic rings. The number of para-hydroxylation sites is 2. The molecule has 0 fully saturated rings. The van der Waals surface area contributed by atoms with Crippen molar-refractivity contribution >= 4 is 27.8 Å². The van der Waals surface area contributed by atoms with Gasteiger partial charge in [0.15, 0.2) is 0 Å². The van der Waals surface area contributed by atoms with Gasteiger partial charge < -0.3 is 24.1 Å². The van der Waals surface area contributed by atoms with E-state index in [4.69, 9.17) is 4.74 Å². The number of alkyl halides is 3. The van der Waals surface area contributed by atoms with Crippen molar-refractivity contribution in [1.82, 2.24) is 9.55 Å². The normalized spacial score (nSPS) is 12.3. The van der Waals surface area contributed by atoms with Crippen molar-refractivity contribution in [1.29, 1.82) is 0 Å². The van der Waals surface area contributed by atoms with Crippen molar-refractivity contribution < 1.29 is 32.5 Å². The number of rotatable bonds is 10. The maximum atomic E-state index is 14.0. The van der Waals surface area contributed by atoms with Gasteiger partial charge in [0.05, 0.1) is 30.0 Å². The van der Waals surface area contributed by atoms with E-state index in [1.165, 1.54) is 28.8 Å². The Morgan fingerprint density at radius 2 is 1.55 bits per heavy atom. The fraction of sp³-hybridized carbons (Fsp3) is 0.189. The zero-order valence-corrected chi connectivity index (χ0v) is 25.4. The van der Waals surface area contributed by atoms with Gasteiger partial charge in [-0.15, -0.1) is 13.2 Å². The highest BCUT2D eigenvalue weighted by atomic mass is 19.4. The van der Waals surface area contributed by atoms with E-state index in [0.29, 0.717) is 35.0 Å². The van der Waals surface area contributed by atoms with Crippen LogP contribution < -0.4 is 10.3 Å². The van der Waals surface area contributed by atoms with Gasteiger partial charge in [-0.1, -0.05) is 72.8 Å². The Morgan fingerprint density at radius 3 is 2.28 bits per heavy atom. The Morgan fingerprint density at radius 1 is 0.894 bits per heavy atom. The van der Waals surface area contributed by atoms with Crippen LogP contribution in [0.5, 0.6) is 11.5 Å². The van der Waals surface area contributed by atoms with Gasteiger partial charge in [0, 0.05) is 29.0 Å². The second kappa shape index (κ2) is 13.1. The summed E-state index contributed by atoms with van der Waals surface area (Å²) < 4.78 is 50.0. The van der Waals surface area contributed by atoms with E-state index in [-0.39, 0.29) is 30.3 Å². The van der Waals surface area contributed by atoms with Gasteiger partial charge in [-0.25, -0.2) is 0 Å². The molecule has 6 rings (SSSR count). The third-order valence-electron chi connectivity index (χ3n) is 8.21. The fourth-order valence-electron chi connectivity index (χ4n) is 6.09. The number of ether oxygens (including phenoxy) is 2. The Bertz CT molecular complexity index is 2100. The second-order valence-corrected chi connectivity index (χ2v) is 11.2. The number of aromatic amines is 1. The van der Waals surface area contributed by atoms with Crippen LogP contribution >= 0.6 is 0 Å². The number of H-pyrrole nitrogens is 1. The zero-order valence-electron chi connectivity index (χ0n) is 25.4. The largest absolute Gasteiger partial charge is 0.573 e. The molecule has 1 unspecified atom stereocenters.